The zero-order valence-corrected chi connectivity index (χ0v) is 18.0. The maximum Gasteiger partial charge on any atom is 0.272 e. The van der Waals surface area contributed by atoms with Crippen LogP contribution in [0.5, 0.6) is 11.5 Å². The van der Waals surface area contributed by atoms with Gasteiger partial charge in [-0.25, -0.2) is 26.5 Å². The Morgan fingerprint density at radius 1 is 1.23 bits per heavy atom. The van der Waals surface area contributed by atoms with Gasteiger partial charge in [0.2, 0.25) is 5.13 Å². The molecule has 0 aliphatic carbocycles. The highest BCUT2D eigenvalue weighted by Crippen LogP contribution is 2.36. The van der Waals surface area contributed by atoms with Crippen LogP contribution in [0, 0.1) is 11.6 Å². The molecule has 0 aliphatic heterocycles. The third kappa shape index (κ3) is 3.98. The van der Waals surface area contributed by atoms with E-state index in [-0.39, 0.29) is 11.7 Å². The lowest BCUT2D eigenvalue weighted by atomic mass is 10.2. The van der Waals surface area contributed by atoms with Crippen LogP contribution >= 0.6 is 23.1 Å². The third-order valence-corrected chi connectivity index (χ3v) is 7.02. The maximum atomic E-state index is 14.7. The van der Waals surface area contributed by atoms with Crippen molar-refractivity contribution in [2.75, 3.05) is 24.3 Å². The van der Waals surface area contributed by atoms with Crippen molar-refractivity contribution >= 4 is 44.0 Å². The van der Waals surface area contributed by atoms with Crippen LogP contribution < -0.4 is 19.5 Å². The Morgan fingerprint density at radius 2 is 1.97 bits per heavy atom. The van der Waals surface area contributed by atoms with Gasteiger partial charge in [-0.1, -0.05) is 11.6 Å². The molecule has 1 aromatic heterocycles. The van der Waals surface area contributed by atoms with Gasteiger partial charge >= 0.3 is 0 Å². The lowest BCUT2D eigenvalue weighted by Crippen LogP contribution is -2.32. The minimum Gasteiger partial charge on any atom is -0.497 e. The lowest BCUT2D eigenvalue weighted by Gasteiger charge is -2.23. The van der Waals surface area contributed by atoms with E-state index in [1.165, 1.54) is 14.2 Å². The van der Waals surface area contributed by atoms with Gasteiger partial charge in [0.15, 0.2) is 10.7 Å². The molecule has 0 atom stereocenters. The summed E-state index contributed by atoms with van der Waals surface area (Å²) in [6, 6.07) is 5.33. The number of nitrogen functional groups attached to an aromatic ring is 1. The zero-order valence-electron chi connectivity index (χ0n) is 15.6. The van der Waals surface area contributed by atoms with Crippen LogP contribution in [0.3, 0.4) is 0 Å². The molecule has 8 nitrogen and oxygen atoms in total. The van der Waals surface area contributed by atoms with E-state index in [2.05, 4.69) is 9.36 Å². The molecule has 3 rings (SSSR count). The van der Waals surface area contributed by atoms with Crippen molar-refractivity contribution in [3.8, 4) is 11.5 Å². The molecular weight excluding hydrogens is 462 g/mol. The van der Waals surface area contributed by atoms with E-state index in [1.807, 2.05) is 0 Å². The summed E-state index contributed by atoms with van der Waals surface area (Å²) in [4.78, 5) is 2.63. The summed E-state index contributed by atoms with van der Waals surface area (Å²) >= 11 is 6.45. The number of sulfonamides is 1. The summed E-state index contributed by atoms with van der Waals surface area (Å²) in [6.07, 6.45) is 1.12. The van der Waals surface area contributed by atoms with Gasteiger partial charge in [-0.15, -0.1) is 0 Å². The van der Waals surface area contributed by atoms with Crippen LogP contribution in [0.15, 0.2) is 35.5 Å². The predicted molar refractivity (Wildman–Crippen MR) is 109 cm³/mol. The quantitative estimate of drug-likeness (QED) is 0.411. The van der Waals surface area contributed by atoms with Gasteiger partial charge in [0, 0.05) is 23.2 Å². The van der Waals surface area contributed by atoms with Crippen molar-refractivity contribution in [2.45, 2.75) is 11.4 Å². The van der Waals surface area contributed by atoms with Gasteiger partial charge in [-0.05, 0) is 18.2 Å². The van der Waals surface area contributed by atoms with E-state index < -0.39 is 37.3 Å². The molecule has 0 saturated carbocycles. The Kier molecular flexibility index (Phi) is 6.29. The number of rotatable bonds is 7. The van der Waals surface area contributed by atoms with Crippen LogP contribution in [-0.4, -0.2) is 32.0 Å². The molecule has 1 heterocycles. The Balaban J connectivity index is 2.16. The molecule has 0 spiro atoms. The second-order valence-corrected chi connectivity index (χ2v) is 8.75. The number of anilines is 2. The number of hydrogen-bond acceptors (Lipinski definition) is 8. The largest absolute Gasteiger partial charge is 0.497 e. The van der Waals surface area contributed by atoms with Crippen molar-refractivity contribution in [1.82, 2.24) is 9.36 Å². The molecule has 0 fully saturated rings. The summed E-state index contributed by atoms with van der Waals surface area (Å²) in [5.41, 5.74) is 5.39. The first-order valence-electron chi connectivity index (χ1n) is 8.14. The fourth-order valence-corrected chi connectivity index (χ4v) is 5.07. The summed E-state index contributed by atoms with van der Waals surface area (Å²) in [7, 11) is -1.95. The van der Waals surface area contributed by atoms with Gasteiger partial charge in [0.05, 0.1) is 26.5 Å². The van der Waals surface area contributed by atoms with Gasteiger partial charge in [0.25, 0.3) is 10.0 Å². The molecule has 160 valence electrons. The number of nitrogens with zero attached hydrogens (tertiary/aromatic N) is 3. The monoisotopic (exact) mass is 476 g/mol. The molecule has 13 heteroatoms. The lowest BCUT2D eigenvalue weighted by molar-refractivity contribution is 0.391. The average molecular weight is 477 g/mol. The summed E-state index contributed by atoms with van der Waals surface area (Å²) in [6.45, 7) is -0.356. The summed E-state index contributed by atoms with van der Waals surface area (Å²) < 4.78 is 70.7. The van der Waals surface area contributed by atoms with Crippen LogP contribution in [0.1, 0.15) is 5.56 Å². The van der Waals surface area contributed by atoms with E-state index in [0.717, 1.165) is 17.9 Å². The van der Waals surface area contributed by atoms with Crippen LogP contribution in [0.25, 0.3) is 0 Å². The molecule has 2 aromatic carbocycles. The van der Waals surface area contributed by atoms with E-state index in [4.69, 9.17) is 26.8 Å². The third-order valence-electron chi connectivity index (χ3n) is 4.06. The molecule has 0 unspecified atom stereocenters. The van der Waals surface area contributed by atoms with Gasteiger partial charge < -0.3 is 15.2 Å². The van der Waals surface area contributed by atoms with E-state index in [9.17, 15) is 17.2 Å². The predicted octanol–water partition coefficient (Wildman–Crippen LogP) is 3.46. The SMILES string of the molecule is COc1ccc(CN(c2ncns2)S(=O)(=O)c2c(F)cc(N)c(Cl)c2F)c(OC)c1. The highest BCUT2D eigenvalue weighted by molar-refractivity contribution is 7.93. The second-order valence-electron chi connectivity index (χ2n) is 5.82. The molecule has 30 heavy (non-hydrogen) atoms. The molecule has 0 radical (unpaired) electrons. The minimum absolute atomic E-state index is 0.111. The number of benzene rings is 2. The Hall–Kier alpha value is -2.70. The van der Waals surface area contributed by atoms with Crippen molar-refractivity contribution < 1.29 is 26.7 Å². The fourth-order valence-electron chi connectivity index (χ4n) is 2.61. The van der Waals surface area contributed by atoms with E-state index >= 15 is 0 Å². The van der Waals surface area contributed by atoms with Crippen LogP contribution in [0.2, 0.25) is 5.02 Å². The molecule has 3 aromatic rings. The number of nitrogens with two attached hydrogens (primary N) is 1. The Morgan fingerprint density at radius 3 is 2.57 bits per heavy atom. The number of hydrogen-bond donors (Lipinski definition) is 1. The highest BCUT2D eigenvalue weighted by Gasteiger charge is 2.35. The molecule has 2 N–H and O–H groups in total. The standard InChI is InChI=1S/C17H15ClF2N4O4S2/c1-27-10-4-3-9(13(5-10)28-2)7-24(17-22-8-23-29-17)30(25,26)16-11(19)6-12(21)14(18)15(16)20/h3-6,8H,7,21H2,1-2H3. The topological polar surface area (TPSA) is 108 Å². The summed E-state index contributed by atoms with van der Waals surface area (Å²) in [5, 5.41) is -0.811. The van der Waals surface area contributed by atoms with Crippen molar-refractivity contribution in [2.24, 2.45) is 0 Å². The van der Waals surface area contributed by atoms with E-state index in [0.29, 0.717) is 27.4 Å². The number of halogens is 3. The first-order chi connectivity index (χ1) is 14.2. The van der Waals surface area contributed by atoms with Gasteiger partial charge in [-0.2, -0.15) is 4.37 Å². The first-order valence-corrected chi connectivity index (χ1v) is 10.7. The van der Waals surface area contributed by atoms with E-state index in [1.54, 1.807) is 18.2 Å². The zero-order chi connectivity index (χ0) is 22.1. The van der Waals surface area contributed by atoms with Gasteiger partial charge in [0.1, 0.15) is 28.7 Å². The Bertz CT molecular complexity index is 1180. The van der Waals surface area contributed by atoms with Gasteiger partial charge in [-0.3, -0.25) is 0 Å². The molecule has 0 aliphatic rings. The normalized spacial score (nSPS) is 11.4. The van der Waals surface area contributed by atoms with Crippen molar-refractivity contribution in [3.63, 3.8) is 0 Å². The number of methoxy groups -OCH3 is 2. The van der Waals surface area contributed by atoms with Crippen molar-refractivity contribution in [1.29, 1.82) is 0 Å². The maximum absolute atomic E-state index is 14.7. The fraction of sp³-hybridized carbons (Fsp3) is 0.176. The van der Waals surface area contributed by atoms with Crippen molar-refractivity contribution in [3.05, 3.63) is 52.8 Å². The highest BCUT2D eigenvalue weighted by atomic mass is 35.5. The van der Waals surface area contributed by atoms with Crippen LogP contribution in [0.4, 0.5) is 19.6 Å². The molecule has 0 saturated heterocycles. The first kappa shape index (κ1) is 22.0. The van der Waals surface area contributed by atoms with Crippen LogP contribution in [-0.2, 0) is 16.6 Å². The molecule has 0 amide bonds. The Labute approximate surface area is 180 Å². The number of aromatic nitrogens is 2. The smallest absolute Gasteiger partial charge is 0.272 e. The molecule has 0 bridgehead atoms. The number of ether oxygens (including phenoxy) is 2. The summed E-state index contributed by atoms with van der Waals surface area (Å²) in [5.74, 6) is -2.10. The molecular formula is C17H15ClF2N4O4S2. The minimum atomic E-state index is -4.80. The average Bonchev–Trinajstić information content (AvgIpc) is 3.24. The second kappa shape index (κ2) is 8.58.